The molecule has 0 atom stereocenters. The first-order chi connectivity index (χ1) is 10.8. The molecule has 0 aromatic heterocycles. The first-order valence-corrected chi connectivity index (χ1v) is 6.84. The predicted octanol–water partition coefficient (Wildman–Crippen LogP) is 2.62. The fourth-order valence-corrected chi connectivity index (χ4v) is 1.98. The number of rotatable bonds is 7. The van der Waals surface area contributed by atoms with Crippen LogP contribution in [-0.4, -0.2) is 31.6 Å². The maximum absolute atomic E-state index is 9.15. The van der Waals surface area contributed by atoms with E-state index in [-0.39, 0.29) is 13.2 Å². The number of methoxy groups -OCH3 is 1. The molecular formula is C17H19NO4. The topological polar surface area (TPSA) is 60.3 Å². The Kier molecular flexibility index (Phi) is 5.80. The van der Waals surface area contributed by atoms with Crippen LogP contribution in [0, 0.1) is 0 Å². The Morgan fingerprint density at radius 1 is 1.05 bits per heavy atom. The summed E-state index contributed by atoms with van der Waals surface area (Å²) in [6.45, 7) is 0.198. The zero-order valence-electron chi connectivity index (χ0n) is 12.7. The van der Waals surface area contributed by atoms with Crippen molar-refractivity contribution in [2.24, 2.45) is 5.16 Å². The van der Waals surface area contributed by atoms with E-state index in [0.29, 0.717) is 17.2 Å². The van der Waals surface area contributed by atoms with Crippen LogP contribution in [0.1, 0.15) is 11.1 Å². The summed E-state index contributed by atoms with van der Waals surface area (Å²) in [6, 6.07) is 15.0. The lowest BCUT2D eigenvalue weighted by Crippen LogP contribution is -2.14. The minimum Gasteiger partial charge on any atom is -0.493 e. The lowest BCUT2D eigenvalue weighted by molar-refractivity contribution is 0.210. The first kappa shape index (κ1) is 15.9. The molecule has 0 radical (unpaired) electrons. The molecule has 0 spiro atoms. The van der Waals surface area contributed by atoms with Gasteiger partial charge in [0, 0.05) is 5.56 Å². The molecule has 1 N–H and O–H groups in total. The van der Waals surface area contributed by atoms with E-state index in [1.807, 2.05) is 30.3 Å². The van der Waals surface area contributed by atoms with E-state index in [2.05, 4.69) is 5.16 Å². The van der Waals surface area contributed by atoms with Crippen molar-refractivity contribution in [3.05, 3.63) is 59.7 Å². The molecule has 0 fully saturated rings. The molecule has 2 rings (SSSR count). The van der Waals surface area contributed by atoms with Gasteiger partial charge in [0.15, 0.2) is 11.5 Å². The Morgan fingerprint density at radius 3 is 2.45 bits per heavy atom. The fourth-order valence-electron chi connectivity index (χ4n) is 1.98. The molecule has 0 saturated carbocycles. The van der Waals surface area contributed by atoms with Crippen LogP contribution in [0.4, 0.5) is 0 Å². The van der Waals surface area contributed by atoms with Gasteiger partial charge in [0.05, 0.1) is 13.7 Å². The molecule has 5 nitrogen and oxygen atoms in total. The van der Waals surface area contributed by atoms with E-state index in [0.717, 1.165) is 11.1 Å². The highest BCUT2D eigenvalue weighted by Crippen LogP contribution is 2.28. The molecule has 2 aromatic carbocycles. The zero-order valence-corrected chi connectivity index (χ0v) is 12.7. The molecule has 0 bridgehead atoms. The van der Waals surface area contributed by atoms with Crippen LogP contribution in [0.2, 0.25) is 0 Å². The van der Waals surface area contributed by atoms with E-state index in [1.54, 1.807) is 25.3 Å². The molecule has 0 heterocycles. The number of hydrogen-bond donors (Lipinski definition) is 1. The minimum absolute atomic E-state index is 0.0446. The number of benzene rings is 2. The van der Waals surface area contributed by atoms with Gasteiger partial charge in [-0.2, -0.15) is 0 Å². The second-order valence-electron chi connectivity index (χ2n) is 4.52. The van der Waals surface area contributed by atoms with Crippen LogP contribution in [0.25, 0.3) is 0 Å². The molecule has 22 heavy (non-hydrogen) atoms. The summed E-state index contributed by atoms with van der Waals surface area (Å²) in [5.41, 5.74) is 2.37. The molecule has 0 unspecified atom stereocenters. The van der Waals surface area contributed by atoms with E-state index >= 15 is 0 Å². The number of nitrogens with zero attached hydrogens (tertiary/aromatic N) is 1. The van der Waals surface area contributed by atoms with Gasteiger partial charge >= 0.3 is 0 Å². The SMILES string of the molecule is CO/N=C(\COc1ccc(CO)cc1OC)c1ccccc1. The van der Waals surface area contributed by atoms with Crippen molar-refractivity contribution in [1.82, 2.24) is 0 Å². The quantitative estimate of drug-likeness (QED) is 0.631. The Hall–Kier alpha value is -2.53. The normalized spacial score (nSPS) is 11.1. The van der Waals surface area contributed by atoms with Gasteiger partial charge in [0.1, 0.15) is 19.4 Å². The zero-order chi connectivity index (χ0) is 15.8. The van der Waals surface area contributed by atoms with E-state index in [9.17, 15) is 0 Å². The Bertz CT molecular complexity index is 626. The summed E-state index contributed by atoms with van der Waals surface area (Å²) >= 11 is 0. The van der Waals surface area contributed by atoms with Crippen molar-refractivity contribution < 1.29 is 19.4 Å². The second kappa shape index (κ2) is 8.05. The molecule has 0 saturated heterocycles. The highest BCUT2D eigenvalue weighted by atomic mass is 16.6. The molecule has 5 heteroatoms. The van der Waals surface area contributed by atoms with Crippen molar-refractivity contribution in [2.75, 3.05) is 20.8 Å². The standard InChI is InChI=1S/C17H19NO4/c1-20-17-10-13(11-19)8-9-16(17)22-12-15(18-21-2)14-6-4-3-5-7-14/h3-10,19H,11-12H2,1-2H3/b18-15+. The third-order valence-corrected chi connectivity index (χ3v) is 3.08. The number of hydrogen-bond acceptors (Lipinski definition) is 5. The average molecular weight is 301 g/mol. The van der Waals surface area contributed by atoms with Gasteiger partial charge < -0.3 is 19.4 Å². The summed E-state index contributed by atoms with van der Waals surface area (Å²) in [7, 11) is 3.06. The van der Waals surface area contributed by atoms with Gasteiger partial charge in [0.2, 0.25) is 0 Å². The van der Waals surface area contributed by atoms with Crippen molar-refractivity contribution >= 4 is 5.71 Å². The molecule has 2 aromatic rings. The third kappa shape index (κ3) is 3.99. The summed E-state index contributed by atoms with van der Waals surface area (Å²) < 4.78 is 11.1. The van der Waals surface area contributed by atoms with E-state index < -0.39 is 0 Å². The van der Waals surface area contributed by atoms with Crippen LogP contribution in [0.3, 0.4) is 0 Å². The summed E-state index contributed by atoms with van der Waals surface area (Å²) in [6.07, 6.45) is 0. The molecule has 0 aliphatic carbocycles. The van der Waals surface area contributed by atoms with Gasteiger partial charge in [-0.1, -0.05) is 41.6 Å². The van der Waals surface area contributed by atoms with Gasteiger partial charge in [0.25, 0.3) is 0 Å². The molecule has 0 aliphatic rings. The van der Waals surface area contributed by atoms with E-state index in [1.165, 1.54) is 7.11 Å². The lowest BCUT2D eigenvalue weighted by atomic mass is 10.1. The summed E-state index contributed by atoms with van der Waals surface area (Å²) in [5.74, 6) is 1.15. The number of oxime groups is 1. The van der Waals surface area contributed by atoms with Crippen LogP contribution in [0.15, 0.2) is 53.7 Å². The predicted molar refractivity (Wildman–Crippen MR) is 84.4 cm³/mol. The Balaban J connectivity index is 2.15. The van der Waals surface area contributed by atoms with Gasteiger partial charge in [-0.15, -0.1) is 0 Å². The average Bonchev–Trinajstić information content (AvgIpc) is 2.59. The van der Waals surface area contributed by atoms with Crippen LogP contribution >= 0.6 is 0 Å². The van der Waals surface area contributed by atoms with Crippen molar-refractivity contribution in [3.63, 3.8) is 0 Å². The largest absolute Gasteiger partial charge is 0.493 e. The number of aliphatic hydroxyl groups excluding tert-OH is 1. The van der Waals surface area contributed by atoms with Crippen molar-refractivity contribution in [2.45, 2.75) is 6.61 Å². The minimum atomic E-state index is -0.0446. The smallest absolute Gasteiger partial charge is 0.161 e. The maximum Gasteiger partial charge on any atom is 0.161 e. The van der Waals surface area contributed by atoms with Gasteiger partial charge in [-0.25, -0.2) is 0 Å². The van der Waals surface area contributed by atoms with Crippen molar-refractivity contribution in [1.29, 1.82) is 0 Å². The van der Waals surface area contributed by atoms with Gasteiger partial charge in [-0.05, 0) is 17.7 Å². The van der Waals surface area contributed by atoms with Crippen LogP contribution < -0.4 is 9.47 Å². The summed E-state index contributed by atoms with van der Waals surface area (Å²) in [5, 5.41) is 13.2. The number of ether oxygens (including phenoxy) is 2. The number of aliphatic hydroxyl groups is 1. The highest BCUT2D eigenvalue weighted by molar-refractivity contribution is 6.01. The third-order valence-electron chi connectivity index (χ3n) is 3.08. The molecule has 116 valence electrons. The Morgan fingerprint density at radius 2 is 1.82 bits per heavy atom. The maximum atomic E-state index is 9.15. The summed E-state index contributed by atoms with van der Waals surface area (Å²) in [4.78, 5) is 4.88. The first-order valence-electron chi connectivity index (χ1n) is 6.84. The van der Waals surface area contributed by atoms with Crippen molar-refractivity contribution in [3.8, 4) is 11.5 Å². The second-order valence-corrected chi connectivity index (χ2v) is 4.52. The van der Waals surface area contributed by atoms with Crippen LogP contribution in [0.5, 0.6) is 11.5 Å². The Labute approximate surface area is 129 Å². The van der Waals surface area contributed by atoms with E-state index in [4.69, 9.17) is 19.4 Å². The molecular weight excluding hydrogens is 282 g/mol. The molecule has 0 aliphatic heterocycles. The van der Waals surface area contributed by atoms with Crippen LogP contribution in [-0.2, 0) is 11.4 Å². The van der Waals surface area contributed by atoms with Gasteiger partial charge in [-0.3, -0.25) is 0 Å². The molecule has 0 amide bonds. The fraction of sp³-hybridized carbons (Fsp3) is 0.235. The highest BCUT2D eigenvalue weighted by Gasteiger charge is 2.09. The lowest BCUT2D eigenvalue weighted by Gasteiger charge is -2.12. The monoisotopic (exact) mass is 301 g/mol.